The Kier molecular flexibility index (Phi) is 1.32. The van der Waals surface area contributed by atoms with Crippen LogP contribution in [-0.4, -0.2) is 39.9 Å². The monoisotopic (exact) mass is 183 g/mol. The molecule has 0 bridgehead atoms. The Morgan fingerprint density at radius 1 is 1.46 bits per heavy atom. The average Bonchev–Trinajstić information content (AvgIpc) is 2.79. The lowest BCUT2D eigenvalue weighted by Gasteiger charge is -2.08. The summed E-state index contributed by atoms with van der Waals surface area (Å²) in [4.78, 5) is 21.6. The molecule has 1 fully saturated rings. The molecule has 13 heavy (non-hydrogen) atoms. The van der Waals surface area contributed by atoms with Crippen LogP contribution in [0.3, 0.4) is 0 Å². The lowest BCUT2D eigenvalue weighted by atomic mass is 9.94. The fourth-order valence-electron chi connectivity index (χ4n) is 1.27. The highest BCUT2D eigenvalue weighted by Gasteiger charge is 2.55. The van der Waals surface area contributed by atoms with Crippen molar-refractivity contribution >= 4 is 17.5 Å². The smallest absolute Gasteiger partial charge is 0.341 e. The number of nitrogens with one attached hydrogen (secondary N) is 1. The highest BCUT2D eigenvalue weighted by atomic mass is 16.6. The first-order valence-electron chi connectivity index (χ1n) is 3.49. The molecule has 68 valence electrons. The van der Waals surface area contributed by atoms with E-state index in [2.05, 4.69) is 0 Å². The van der Waals surface area contributed by atoms with Crippen LogP contribution in [0.4, 0.5) is 0 Å². The van der Waals surface area contributed by atoms with E-state index < -0.39 is 41.0 Å². The van der Waals surface area contributed by atoms with Crippen molar-refractivity contribution in [1.82, 2.24) is 0 Å². The van der Waals surface area contributed by atoms with Crippen molar-refractivity contribution in [2.45, 2.75) is 12.2 Å². The number of epoxide rings is 1. The first-order chi connectivity index (χ1) is 6.04. The number of rotatable bonds is 1. The molecule has 2 rings (SSSR count). The number of hydrogen-bond acceptors (Lipinski definition) is 5. The van der Waals surface area contributed by atoms with Gasteiger partial charge in [0.25, 0.3) is 0 Å². The molecule has 6 heteroatoms. The van der Waals surface area contributed by atoms with E-state index >= 15 is 0 Å². The Morgan fingerprint density at radius 3 is 2.62 bits per heavy atom. The molecule has 1 aliphatic carbocycles. The summed E-state index contributed by atoms with van der Waals surface area (Å²) in [6.45, 7) is 0. The summed E-state index contributed by atoms with van der Waals surface area (Å²) >= 11 is 0. The number of aliphatic hydroxyl groups is 1. The summed E-state index contributed by atoms with van der Waals surface area (Å²) in [5.74, 6) is -2.69. The largest absolute Gasteiger partial charge is 0.508 e. The van der Waals surface area contributed by atoms with Crippen LogP contribution in [0, 0.1) is 5.41 Å². The third-order valence-corrected chi connectivity index (χ3v) is 1.99. The minimum absolute atomic E-state index is 0.526. The molecule has 1 saturated heterocycles. The van der Waals surface area contributed by atoms with E-state index in [-0.39, 0.29) is 0 Å². The van der Waals surface area contributed by atoms with Crippen molar-refractivity contribution in [1.29, 1.82) is 5.41 Å². The van der Waals surface area contributed by atoms with Crippen molar-refractivity contribution in [3.05, 3.63) is 11.3 Å². The molecule has 0 aromatic carbocycles. The fourth-order valence-corrected chi connectivity index (χ4v) is 1.27. The van der Waals surface area contributed by atoms with E-state index in [0.29, 0.717) is 0 Å². The number of fused-ring (bicyclic) bond motifs is 1. The molecule has 1 heterocycles. The second-order valence-electron chi connectivity index (χ2n) is 2.78. The van der Waals surface area contributed by atoms with Crippen LogP contribution >= 0.6 is 0 Å². The minimum Gasteiger partial charge on any atom is -0.508 e. The normalized spacial score (nSPS) is 31.7. The van der Waals surface area contributed by atoms with Crippen LogP contribution in [0.5, 0.6) is 0 Å². The number of ether oxygens (including phenoxy) is 1. The molecular formula is C7H5NO5. The first-order valence-corrected chi connectivity index (χ1v) is 3.49. The molecule has 0 radical (unpaired) electrons. The van der Waals surface area contributed by atoms with Crippen LogP contribution in [0.1, 0.15) is 0 Å². The van der Waals surface area contributed by atoms with E-state index in [1.54, 1.807) is 0 Å². The predicted molar refractivity (Wildman–Crippen MR) is 38.7 cm³/mol. The van der Waals surface area contributed by atoms with Crippen LogP contribution < -0.4 is 0 Å². The first kappa shape index (κ1) is 7.93. The predicted octanol–water partition coefficient (Wildman–Crippen LogP) is -0.747. The number of aliphatic hydroxyl groups excluding tert-OH is 1. The second kappa shape index (κ2) is 2.17. The van der Waals surface area contributed by atoms with Gasteiger partial charge in [-0.2, -0.15) is 0 Å². The highest BCUT2D eigenvalue weighted by Crippen LogP contribution is 2.35. The van der Waals surface area contributed by atoms with E-state index in [0.717, 1.165) is 0 Å². The quantitative estimate of drug-likeness (QED) is 0.463. The number of carboxylic acids is 1. The molecule has 3 N–H and O–H groups in total. The third-order valence-electron chi connectivity index (χ3n) is 1.99. The summed E-state index contributed by atoms with van der Waals surface area (Å²) in [6, 6.07) is 0. The highest BCUT2D eigenvalue weighted by molar-refractivity contribution is 6.53. The average molecular weight is 183 g/mol. The van der Waals surface area contributed by atoms with Gasteiger partial charge in [-0.3, -0.25) is 10.2 Å². The molecule has 0 amide bonds. The number of carbonyl (C=O) groups excluding carboxylic acids is 1. The van der Waals surface area contributed by atoms with E-state index in [4.69, 9.17) is 15.3 Å². The molecule has 0 spiro atoms. The van der Waals surface area contributed by atoms with Gasteiger partial charge in [-0.1, -0.05) is 0 Å². The standard InChI is InChI=1S/C7H5NO5/c8-2-1(7(11)12)3(9)5-6(13-5)4(2)10/h5-6,8-9H,(H,11,12)/t5-,6+/m0/s1. The van der Waals surface area contributed by atoms with Gasteiger partial charge in [-0.15, -0.1) is 0 Å². The molecule has 0 unspecified atom stereocenters. The number of carboxylic acid groups (broad SMARTS) is 1. The Hall–Kier alpha value is -1.69. The van der Waals surface area contributed by atoms with E-state index in [1.807, 2.05) is 0 Å². The van der Waals surface area contributed by atoms with Gasteiger partial charge in [0.1, 0.15) is 23.1 Å². The number of hydrogen-bond donors (Lipinski definition) is 3. The van der Waals surface area contributed by atoms with Crippen LogP contribution in [0.25, 0.3) is 0 Å². The maximum absolute atomic E-state index is 11.1. The van der Waals surface area contributed by atoms with Gasteiger partial charge in [0.15, 0.2) is 6.10 Å². The summed E-state index contributed by atoms with van der Waals surface area (Å²) < 4.78 is 4.69. The van der Waals surface area contributed by atoms with Gasteiger partial charge in [0.05, 0.1) is 0 Å². The molecule has 2 atom stereocenters. The van der Waals surface area contributed by atoms with Crippen molar-refractivity contribution < 1.29 is 24.5 Å². The van der Waals surface area contributed by atoms with Crippen molar-refractivity contribution in [3.8, 4) is 0 Å². The van der Waals surface area contributed by atoms with Gasteiger partial charge >= 0.3 is 5.97 Å². The van der Waals surface area contributed by atoms with Crippen LogP contribution in [0.15, 0.2) is 11.3 Å². The van der Waals surface area contributed by atoms with Crippen LogP contribution in [-0.2, 0) is 14.3 Å². The van der Waals surface area contributed by atoms with E-state index in [1.165, 1.54) is 0 Å². The number of carbonyl (C=O) groups is 2. The third kappa shape index (κ3) is 0.888. The Balaban J connectivity index is 2.51. The second-order valence-corrected chi connectivity index (χ2v) is 2.78. The summed E-state index contributed by atoms with van der Waals surface area (Å²) in [6.07, 6.45) is -1.68. The lowest BCUT2D eigenvalue weighted by molar-refractivity contribution is -0.132. The summed E-state index contributed by atoms with van der Waals surface area (Å²) in [5.41, 5.74) is -1.34. The number of Topliss-reactive ketones (excluding diaryl/α,β-unsaturated/α-hetero) is 1. The van der Waals surface area contributed by atoms with Crippen LogP contribution in [0.2, 0.25) is 0 Å². The van der Waals surface area contributed by atoms with Crippen molar-refractivity contribution in [3.63, 3.8) is 0 Å². The SMILES string of the molecule is N=C1C(=O)[C@H]2O[C@H]2C(O)=C1C(=O)O. The molecular weight excluding hydrogens is 178 g/mol. The van der Waals surface area contributed by atoms with Gasteiger partial charge < -0.3 is 14.9 Å². The maximum Gasteiger partial charge on any atom is 0.341 e. The molecule has 2 aliphatic rings. The molecule has 0 saturated carbocycles. The Bertz CT molecular complexity index is 369. The lowest BCUT2D eigenvalue weighted by Crippen LogP contribution is -2.32. The molecule has 0 aromatic rings. The zero-order valence-corrected chi connectivity index (χ0v) is 6.27. The van der Waals surface area contributed by atoms with E-state index in [9.17, 15) is 14.7 Å². The van der Waals surface area contributed by atoms with Gasteiger partial charge in [0.2, 0.25) is 5.78 Å². The topological polar surface area (TPSA) is 111 Å². The van der Waals surface area contributed by atoms with Crippen molar-refractivity contribution in [2.75, 3.05) is 0 Å². The number of ketones is 1. The maximum atomic E-state index is 11.1. The zero-order valence-electron chi connectivity index (χ0n) is 6.27. The van der Waals surface area contributed by atoms with Gasteiger partial charge in [-0.05, 0) is 0 Å². The minimum atomic E-state index is -1.48. The molecule has 0 aromatic heterocycles. The summed E-state index contributed by atoms with van der Waals surface area (Å²) in [5, 5.41) is 24.9. The van der Waals surface area contributed by atoms with Crippen molar-refractivity contribution in [2.24, 2.45) is 0 Å². The summed E-state index contributed by atoms with van der Waals surface area (Å²) in [7, 11) is 0. The molecule has 1 aliphatic heterocycles. The van der Waals surface area contributed by atoms with Gasteiger partial charge in [-0.25, -0.2) is 4.79 Å². The zero-order chi connectivity index (χ0) is 9.75. The Labute approximate surface area is 71.9 Å². The van der Waals surface area contributed by atoms with Gasteiger partial charge in [0, 0.05) is 0 Å². The fraction of sp³-hybridized carbons (Fsp3) is 0.286. The number of aliphatic carboxylic acids is 1. The molecule has 6 nitrogen and oxygen atoms in total. The Morgan fingerprint density at radius 2 is 2.08 bits per heavy atom.